The highest BCUT2D eigenvalue weighted by atomic mass is 35.7. The summed E-state index contributed by atoms with van der Waals surface area (Å²) < 4.78 is 16.8. The number of hydrogen-bond donors (Lipinski definition) is 0. The maximum atomic E-state index is 10.8. The van der Waals surface area contributed by atoms with Gasteiger partial charge in [0, 0.05) is 0 Å². The molecule has 0 N–H and O–H groups in total. The topological polar surface area (TPSA) is 26.3 Å². The average Bonchev–Trinajstić information content (AvgIpc) is 1.79. The fourth-order valence-corrected chi connectivity index (χ4v) is 3.43. The van der Waals surface area contributed by atoms with E-state index in [1.165, 1.54) is 0 Å². The van der Waals surface area contributed by atoms with Crippen LogP contribution in [0.1, 0.15) is 27.7 Å². The summed E-state index contributed by atoms with van der Waals surface area (Å²) >= 11 is 0. The molecular formula is C9H21ClO2SSi. The number of rotatable bonds is 4. The van der Waals surface area contributed by atoms with E-state index in [0.29, 0.717) is 5.75 Å². The molecule has 0 aliphatic carbocycles. The largest absolute Gasteiger partial charge is 0.413 e. The second kappa shape index (κ2) is 5.10. The summed E-state index contributed by atoms with van der Waals surface area (Å²) in [5.74, 6) is 0.411. The fraction of sp³-hybridized carbons (Fsp3) is 1.00. The number of halogens is 1. The Hall–Kier alpha value is 0.617. The zero-order valence-electron chi connectivity index (χ0n) is 9.89. The van der Waals surface area contributed by atoms with Crippen molar-refractivity contribution in [2.24, 2.45) is 0 Å². The van der Waals surface area contributed by atoms with Crippen LogP contribution in [0, 0.1) is 0 Å². The lowest BCUT2D eigenvalue weighted by atomic mass is 10.2. The van der Waals surface area contributed by atoms with Crippen LogP contribution in [0.4, 0.5) is 0 Å². The Balaban J connectivity index is 4.29. The van der Waals surface area contributed by atoms with Crippen molar-refractivity contribution in [3.05, 3.63) is 0 Å². The van der Waals surface area contributed by atoms with Gasteiger partial charge in [0.05, 0.1) is 11.9 Å². The Morgan fingerprint density at radius 2 is 1.86 bits per heavy atom. The summed E-state index contributed by atoms with van der Waals surface area (Å²) in [4.78, 5) is 0. The van der Waals surface area contributed by atoms with E-state index in [0.717, 1.165) is 0 Å². The molecule has 0 heterocycles. The highest BCUT2D eigenvalue weighted by Gasteiger charge is 2.38. The predicted molar refractivity (Wildman–Crippen MR) is 66.6 cm³/mol. The van der Waals surface area contributed by atoms with Crippen molar-refractivity contribution in [2.75, 3.05) is 5.75 Å². The maximum Gasteiger partial charge on any atom is 0.192 e. The van der Waals surface area contributed by atoms with Gasteiger partial charge in [-0.3, -0.25) is 0 Å². The first kappa shape index (κ1) is 14.6. The summed E-state index contributed by atoms with van der Waals surface area (Å²) in [6.07, 6.45) is -0.0192. The Bertz CT molecular complexity index is 213. The van der Waals surface area contributed by atoms with Crippen LogP contribution < -0.4 is 0 Å². The van der Waals surface area contributed by atoms with Gasteiger partial charge in [-0.25, -0.2) is 4.21 Å². The predicted octanol–water partition coefficient (Wildman–Crippen LogP) is 3.30. The molecule has 86 valence electrons. The molecule has 0 fully saturated rings. The van der Waals surface area contributed by atoms with Crippen LogP contribution in [-0.4, -0.2) is 24.4 Å². The Morgan fingerprint density at radius 3 is 2.14 bits per heavy atom. The molecule has 5 heteroatoms. The molecule has 0 aliphatic heterocycles. The van der Waals surface area contributed by atoms with Crippen LogP contribution >= 0.6 is 10.7 Å². The van der Waals surface area contributed by atoms with E-state index < -0.39 is 18.3 Å². The number of hydrogen-bond acceptors (Lipinski definition) is 2. The summed E-state index contributed by atoms with van der Waals surface area (Å²) in [6.45, 7) is 12.8. The minimum Gasteiger partial charge on any atom is -0.413 e. The van der Waals surface area contributed by atoms with Gasteiger partial charge >= 0.3 is 0 Å². The van der Waals surface area contributed by atoms with Crippen LogP contribution in [0.5, 0.6) is 0 Å². The fourth-order valence-electron chi connectivity index (χ4n) is 0.898. The van der Waals surface area contributed by atoms with E-state index in [2.05, 4.69) is 33.9 Å². The van der Waals surface area contributed by atoms with Crippen LogP contribution in [0.25, 0.3) is 0 Å². The van der Waals surface area contributed by atoms with Gasteiger partial charge in [-0.2, -0.15) is 0 Å². The first-order chi connectivity index (χ1) is 6.06. The lowest BCUT2D eigenvalue weighted by Gasteiger charge is -2.38. The highest BCUT2D eigenvalue weighted by molar-refractivity contribution is 8.08. The van der Waals surface area contributed by atoms with Gasteiger partial charge in [0.15, 0.2) is 8.32 Å². The highest BCUT2D eigenvalue weighted by Crippen LogP contribution is 2.37. The monoisotopic (exact) mass is 256 g/mol. The molecule has 0 rings (SSSR count). The van der Waals surface area contributed by atoms with Crippen molar-refractivity contribution in [2.45, 2.75) is 51.9 Å². The molecule has 0 aromatic carbocycles. The van der Waals surface area contributed by atoms with E-state index in [9.17, 15) is 4.21 Å². The summed E-state index contributed by atoms with van der Waals surface area (Å²) in [5, 5.41) is 0.190. The van der Waals surface area contributed by atoms with Gasteiger partial charge in [-0.05, 0) is 35.7 Å². The molecule has 0 saturated heterocycles. The summed E-state index contributed by atoms with van der Waals surface area (Å²) in [6, 6.07) is 0. The molecule has 2 atom stereocenters. The lowest BCUT2D eigenvalue weighted by molar-refractivity contribution is 0.221. The van der Waals surface area contributed by atoms with E-state index in [1.54, 1.807) is 0 Å². The van der Waals surface area contributed by atoms with E-state index >= 15 is 0 Å². The molecule has 2 unspecified atom stereocenters. The third-order valence-electron chi connectivity index (χ3n) is 2.67. The molecule has 0 spiro atoms. The van der Waals surface area contributed by atoms with Gasteiger partial charge in [-0.15, -0.1) is 0 Å². The zero-order chi connectivity index (χ0) is 11.6. The lowest BCUT2D eigenvalue weighted by Crippen LogP contribution is -2.44. The van der Waals surface area contributed by atoms with Crippen LogP contribution in [0.2, 0.25) is 18.1 Å². The molecule has 0 radical (unpaired) electrons. The van der Waals surface area contributed by atoms with Crippen molar-refractivity contribution in [1.82, 2.24) is 0 Å². The van der Waals surface area contributed by atoms with E-state index in [1.807, 2.05) is 6.92 Å². The normalized spacial score (nSPS) is 17.9. The molecular weight excluding hydrogens is 236 g/mol. The molecule has 0 aromatic rings. The smallest absolute Gasteiger partial charge is 0.192 e. The van der Waals surface area contributed by atoms with Crippen LogP contribution in [0.3, 0.4) is 0 Å². The zero-order valence-corrected chi connectivity index (χ0v) is 12.5. The molecule has 0 aromatic heterocycles. The van der Waals surface area contributed by atoms with Crippen molar-refractivity contribution in [3.63, 3.8) is 0 Å². The quantitative estimate of drug-likeness (QED) is 0.570. The Morgan fingerprint density at radius 1 is 1.43 bits per heavy atom. The molecule has 0 bridgehead atoms. The maximum absolute atomic E-state index is 10.8. The van der Waals surface area contributed by atoms with Crippen molar-refractivity contribution < 1.29 is 8.63 Å². The van der Waals surface area contributed by atoms with Gasteiger partial charge in [0.1, 0.15) is 10.0 Å². The molecule has 14 heavy (non-hydrogen) atoms. The van der Waals surface area contributed by atoms with Gasteiger partial charge in [0.25, 0.3) is 0 Å². The van der Waals surface area contributed by atoms with Crippen molar-refractivity contribution >= 4 is 29.0 Å². The standard InChI is InChI=1S/C9H21ClO2SSi/c1-8(7-13(10)11)12-14(5,6)9(2,3)4/h8H,7H2,1-6H3. The van der Waals surface area contributed by atoms with Gasteiger partial charge in [0.2, 0.25) is 0 Å². The van der Waals surface area contributed by atoms with Gasteiger partial charge in [-0.1, -0.05) is 20.8 Å². The second-order valence-corrected chi connectivity index (χ2v) is 11.8. The average molecular weight is 257 g/mol. The minimum absolute atomic E-state index is 0.0192. The first-order valence-electron chi connectivity index (χ1n) is 4.79. The van der Waals surface area contributed by atoms with E-state index in [4.69, 9.17) is 15.1 Å². The minimum atomic E-state index is -1.73. The third kappa shape index (κ3) is 4.91. The second-order valence-electron chi connectivity index (χ2n) is 5.15. The molecule has 2 nitrogen and oxygen atoms in total. The summed E-state index contributed by atoms with van der Waals surface area (Å²) in [7, 11) is 2.41. The Labute approximate surface area is 95.5 Å². The SMILES string of the molecule is CC(CS(=O)Cl)O[Si](C)(C)C(C)(C)C. The Kier molecular flexibility index (Phi) is 5.32. The van der Waals surface area contributed by atoms with Crippen LogP contribution in [-0.2, 0) is 14.4 Å². The molecule has 0 amide bonds. The van der Waals surface area contributed by atoms with Gasteiger partial charge < -0.3 is 4.43 Å². The molecule has 0 aliphatic rings. The first-order valence-corrected chi connectivity index (χ1v) is 9.84. The van der Waals surface area contributed by atoms with E-state index in [-0.39, 0.29) is 11.1 Å². The van der Waals surface area contributed by atoms with Crippen LogP contribution in [0.15, 0.2) is 0 Å². The molecule has 0 saturated carbocycles. The van der Waals surface area contributed by atoms with Crippen molar-refractivity contribution in [1.29, 1.82) is 0 Å². The summed E-state index contributed by atoms with van der Waals surface area (Å²) in [5.41, 5.74) is 0. The van der Waals surface area contributed by atoms with Crippen molar-refractivity contribution in [3.8, 4) is 0 Å². The third-order valence-corrected chi connectivity index (χ3v) is 8.38.